The number of fused-ring (bicyclic) bond motifs is 1. The monoisotopic (exact) mass is 262 g/mol. The van der Waals surface area contributed by atoms with Crippen LogP contribution in [0.1, 0.15) is 5.82 Å². The van der Waals surface area contributed by atoms with Gasteiger partial charge in [0.1, 0.15) is 11.5 Å². The van der Waals surface area contributed by atoms with Crippen LogP contribution >= 0.6 is 11.6 Å². The second-order valence-corrected chi connectivity index (χ2v) is 4.08. The molecule has 0 atom stereocenters. The number of aromatic amines is 1. The van der Waals surface area contributed by atoms with Gasteiger partial charge in [0, 0.05) is 5.56 Å². The number of hydrogen-bond acceptors (Lipinski definition) is 5. The molecule has 0 spiro atoms. The zero-order chi connectivity index (χ0) is 12.7. The molecule has 0 radical (unpaired) electrons. The smallest absolute Gasteiger partial charge is 0.408 e. The summed E-state index contributed by atoms with van der Waals surface area (Å²) in [5.41, 5.74) is 2.20. The van der Waals surface area contributed by atoms with Gasteiger partial charge in [-0.1, -0.05) is 17.7 Å². The van der Waals surface area contributed by atoms with E-state index in [1.165, 1.54) is 0 Å². The molecule has 0 amide bonds. The molecule has 18 heavy (non-hydrogen) atoms. The fourth-order valence-electron chi connectivity index (χ4n) is 1.65. The van der Waals surface area contributed by atoms with E-state index in [0.717, 1.165) is 0 Å². The minimum absolute atomic E-state index is 0.264. The molecule has 0 aliphatic heterocycles. The molecular weight excluding hydrogens is 256 g/mol. The molecule has 0 saturated carbocycles. The van der Waals surface area contributed by atoms with Crippen LogP contribution in [-0.2, 0) is 0 Å². The average molecular weight is 263 g/mol. The van der Waals surface area contributed by atoms with Gasteiger partial charge in [0.2, 0.25) is 0 Å². The van der Waals surface area contributed by atoms with E-state index in [4.69, 9.17) is 16.0 Å². The summed E-state index contributed by atoms with van der Waals surface area (Å²) in [7, 11) is 0. The average Bonchev–Trinajstić information content (AvgIpc) is 2.68. The summed E-state index contributed by atoms with van der Waals surface area (Å²) >= 11 is 6.01. The van der Waals surface area contributed by atoms with E-state index in [1.807, 2.05) is 0 Å². The van der Waals surface area contributed by atoms with Crippen LogP contribution in [0.2, 0.25) is 5.15 Å². The lowest BCUT2D eigenvalue weighted by Gasteiger charge is -2.01. The highest BCUT2D eigenvalue weighted by molar-refractivity contribution is 6.31. The Hall–Kier alpha value is -2.21. The van der Waals surface area contributed by atoms with Crippen molar-refractivity contribution >= 4 is 22.7 Å². The molecule has 0 unspecified atom stereocenters. The van der Waals surface area contributed by atoms with Crippen LogP contribution in [0, 0.1) is 6.92 Å². The normalized spacial score (nSPS) is 11.0. The first-order valence-corrected chi connectivity index (χ1v) is 5.51. The van der Waals surface area contributed by atoms with Crippen molar-refractivity contribution in [1.29, 1.82) is 0 Å². The predicted octanol–water partition coefficient (Wildman–Crippen LogP) is 1.93. The number of rotatable bonds is 1. The number of aryl methyl sites for hydroxylation is 1. The molecule has 0 aliphatic carbocycles. The number of halogens is 1. The number of nitrogens with zero attached hydrogens (tertiary/aromatic N) is 3. The summed E-state index contributed by atoms with van der Waals surface area (Å²) in [4.78, 5) is 17.6. The second-order valence-electron chi connectivity index (χ2n) is 3.72. The third kappa shape index (κ3) is 1.76. The standard InChI is InChI=1S/C11H7ClN4O2/c1-5-13-10(12)9(16-15-5)6-2-3-7-8(4-6)18-11(17)14-7/h2-4H,1H3,(H,14,17). The van der Waals surface area contributed by atoms with Gasteiger partial charge in [-0.25, -0.2) is 9.78 Å². The minimum Gasteiger partial charge on any atom is -0.408 e. The number of H-pyrrole nitrogens is 1. The van der Waals surface area contributed by atoms with E-state index >= 15 is 0 Å². The fraction of sp³-hybridized carbons (Fsp3) is 0.0909. The van der Waals surface area contributed by atoms with Crippen LogP contribution in [0.4, 0.5) is 0 Å². The topological polar surface area (TPSA) is 84.7 Å². The SMILES string of the molecule is Cc1nnc(-c2ccc3[nH]c(=O)oc3c2)c(Cl)n1. The van der Waals surface area contributed by atoms with Crippen molar-refractivity contribution in [1.82, 2.24) is 20.2 Å². The van der Waals surface area contributed by atoms with Gasteiger partial charge in [0.25, 0.3) is 0 Å². The summed E-state index contributed by atoms with van der Waals surface area (Å²) in [6.45, 7) is 1.71. The van der Waals surface area contributed by atoms with Crippen molar-refractivity contribution in [2.75, 3.05) is 0 Å². The lowest BCUT2D eigenvalue weighted by Crippen LogP contribution is -1.95. The van der Waals surface area contributed by atoms with Gasteiger partial charge in [-0.2, -0.15) is 0 Å². The molecule has 3 rings (SSSR count). The van der Waals surface area contributed by atoms with Crippen molar-refractivity contribution in [2.45, 2.75) is 6.92 Å². The number of aromatic nitrogens is 4. The Labute approximate surface area is 106 Å². The molecule has 3 aromatic rings. The molecule has 7 heteroatoms. The van der Waals surface area contributed by atoms with E-state index in [-0.39, 0.29) is 5.15 Å². The quantitative estimate of drug-likeness (QED) is 0.724. The first-order chi connectivity index (χ1) is 8.63. The number of benzene rings is 1. The Bertz CT molecular complexity index is 793. The first-order valence-electron chi connectivity index (χ1n) is 5.13. The van der Waals surface area contributed by atoms with Crippen molar-refractivity contribution in [3.8, 4) is 11.3 Å². The molecular formula is C11H7ClN4O2. The molecule has 0 aliphatic rings. The van der Waals surface area contributed by atoms with Crippen LogP contribution < -0.4 is 5.76 Å². The van der Waals surface area contributed by atoms with E-state index in [2.05, 4.69) is 20.2 Å². The van der Waals surface area contributed by atoms with Crippen molar-refractivity contribution in [3.05, 3.63) is 39.7 Å². The molecule has 6 nitrogen and oxygen atoms in total. The zero-order valence-electron chi connectivity index (χ0n) is 9.27. The van der Waals surface area contributed by atoms with Crippen molar-refractivity contribution < 1.29 is 4.42 Å². The van der Waals surface area contributed by atoms with Crippen LogP contribution in [0.25, 0.3) is 22.4 Å². The highest BCUT2D eigenvalue weighted by Crippen LogP contribution is 2.25. The van der Waals surface area contributed by atoms with Gasteiger partial charge in [-0.15, -0.1) is 10.2 Å². The van der Waals surface area contributed by atoms with Crippen LogP contribution in [0.3, 0.4) is 0 Å². The van der Waals surface area contributed by atoms with Crippen LogP contribution in [-0.4, -0.2) is 20.2 Å². The predicted molar refractivity (Wildman–Crippen MR) is 65.4 cm³/mol. The number of hydrogen-bond donors (Lipinski definition) is 1. The van der Waals surface area contributed by atoms with Gasteiger partial charge in [-0.05, 0) is 19.1 Å². The highest BCUT2D eigenvalue weighted by Gasteiger charge is 2.10. The zero-order valence-corrected chi connectivity index (χ0v) is 10.0. The maximum atomic E-state index is 11.1. The lowest BCUT2D eigenvalue weighted by molar-refractivity contribution is 0.555. The molecule has 0 saturated heterocycles. The molecule has 1 aromatic carbocycles. The fourth-order valence-corrected chi connectivity index (χ4v) is 1.92. The van der Waals surface area contributed by atoms with Gasteiger partial charge < -0.3 is 4.42 Å². The van der Waals surface area contributed by atoms with Gasteiger partial charge in [0.05, 0.1) is 5.52 Å². The molecule has 0 bridgehead atoms. The number of oxazole rings is 1. The third-order valence-corrected chi connectivity index (χ3v) is 2.71. The highest BCUT2D eigenvalue weighted by atomic mass is 35.5. The maximum absolute atomic E-state index is 11.1. The summed E-state index contributed by atoms with van der Waals surface area (Å²) in [6.07, 6.45) is 0. The first kappa shape index (κ1) is 10.9. The van der Waals surface area contributed by atoms with E-state index in [0.29, 0.717) is 28.2 Å². The maximum Gasteiger partial charge on any atom is 0.417 e. The Morgan fingerprint density at radius 1 is 1.33 bits per heavy atom. The summed E-state index contributed by atoms with van der Waals surface area (Å²) in [6, 6.07) is 5.15. The molecule has 2 heterocycles. The summed E-state index contributed by atoms with van der Waals surface area (Å²) in [5.74, 6) is -0.000586. The van der Waals surface area contributed by atoms with E-state index < -0.39 is 5.76 Å². The second kappa shape index (κ2) is 3.92. The summed E-state index contributed by atoms with van der Waals surface area (Å²) in [5, 5.41) is 8.11. The van der Waals surface area contributed by atoms with Gasteiger partial charge >= 0.3 is 5.76 Å². The molecule has 1 N–H and O–H groups in total. The van der Waals surface area contributed by atoms with Crippen LogP contribution in [0.5, 0.6) is 0 Å². The van der Waals surface area contributed by atoms with Crippen molar-refractivity contribution in [2.24, 2.45) is 0 Å². The van der Waals surface area contributed by atoms with Crippen molar-refractivity contribution in [3.63, 3.8) is 0 Å². The van der Waals surface area contributed by atoms with Crippen LogP contribution in [0.15, 0.2) is 27.4 Å². The lowest BCUT2D eigenvalue weighted by atomic mass is 10.1. The van der Waals surface area contributed by atoms with E-state index in [9.17, 15) is 4.79 Å². The largest absolute Gasteiger partial charge is 0.417 e. The molecule has 0 fully saturated rings. The summed E-state index contributed by atoms with van der Waals surface area (Å²) < 4.78 is 4.97. The third-order valence-electron chi connectivity index (χ3n) is 2.44. The Kier molecular flexibility index (Phi) is 2.38. The molecule has 2 aromatic heterocycles. The Morgan fingerprint density at radius 2 is 2.17 bits per heavy atom. The minimum atomic E-state index is -0.499. The van der Waals surface area contributed by atoms with Gasteiger partial charge in [0.15, 0.2) is 10.7 Å². The Balaban J connectivity index is 2.21. The van der Waals surface area contributed by atoms with Gasteiger partial charge in [-0.3, -0.25) is 4.98 Å². The molecule has 90 valence electrons. The van der Waals surface area contributed by atoms with E-state index in [1.54, 1.807) is 25.1 Å². The Morgan fingerprint density at radius 3 is 2.94 bits per heavy atom. The number of nitrogens with one attached hydrogen (secondary N) is 1.